The second-order valence-corrected chi connectivity index (χ2v) is 7.36. The normalized spacial score (nSPS) is 12.1. The van der Waals surface area contributed by atoms with E-state index in [0.717, 1.165) is 22.4 Å². The van der Waals surface area contributed by atoms with Gasteiger partial charge in [0, 0.05) is 0 Å². The molecule has 0 aliphatic rings. The van der Waals surface area contributed by atoms with Crippen LogP contribution in [0.5, 0.6) is 5.75 Å². The van der Waals surface area contributed by atoms with Crippen LogP contribution in [0, 0.1) is 0 Å². The van der Waals surface area contributed by atoms with Crippen LogP contribution in [0.1, 0.15) is 22.4 Å². The van der Waals surface area contributed by atoms with Gasteiger partial charge in [-0.1, -0.05) is 47.7 Å². The van der Waals surface area contributed by atoms with E-state index in [-0.39, 0.29) is 17.1 Å². The van der Waals surface area contributed by atoms with E-state index < -0.39 is 5.60 Å². The van der Waals surface area contributed by atoms with Crippen molar-refractivity contribution in [3.63, 3.8) is 0 Å². The molecule has 1 heterocycles. The molecule has 0 aliphatic heterocycles. The Labute approximate surface area is 204 Å². The van der Waals surface area contributed by atoms with Crippen molar-refractivity contribution >= 4 is 0 Å². The van der Waals surface area contributed by atoms with E-state index in [1.807, 2.05) is 109 Å². The van der Waals surface area contributed by atoms with Gasteiger partial charge in [0.1, 0.15) is 17.0 Å². The number of hydrogen-bond acceptors (Lipinski definition) is 4. The van der Waals surface area contributed by atoms with Crippen LogP contribution in [-0.4, -0.2) is 27.2 Å². The Hall–Kier alpha value is -3.44. The van der Waals surface area contributed by atoms with Gasteiger partial charge in [-0.25, -0.2) is 28.9 Å². The van der Waals surface area contributed by atoms with Crippen LogP contribution in [0.3, 0.4) is 0 Å². The zero-order valence-corrected chi connectivity index (χ0v) is 19.3. The monoisotopic (exact) mass is 479 g/mol. The molecule has 5 aromatic rings. The molecule has 6 heteroatoms. The molecule has 0 spiro atoms. The summed E-state index contributed by atoms with van der Waals surface area (Å²) in [6, 6.07) is 35.0. The molecule has 1 N–H and O–H groups in total. The zero-order valence-electron chi connectivity index (χ0n) is 18.2. The Bertz CT molecular complexity index is 1170. The van der Waals surface area contributed by atoms with Crippen molar-refractivity contribution in [3.8, 4) is 5.75 Å². The fourth-order valence-electron chi connectivity index (χ4n) is 3.54. The first kappa shape index (κ1) is 24.2. The van der Waals surface area contributed by atoms with Crippen molar-refractivity contribution < 1.29 is 26.9 Å². The summed E-state index contributed by atoms with van der Waals surface area (Å²) in [5.74, 6) is 0.813. The molecule has 5 rings (SSSR count). The SMILES string of the molecule is COc1ccc(Cn2cc(C(O)(c3ccccc3)c3ccc[cH-]3)nn2)cc1.[Fe+2].c1cc[cH-]c1. The van der Waals surface area contributed by atoms with E-state index in [0.29, 0.717) is 12.2 Å². The number of benzene rings is 2. The quantitative estimate of drug-likeness (QED) is 0.282. The molecule has 4 aromatic carbocycles. The van der Waals surface area contributed by atoms with Gasteiger partial charge in [0.05, 0.1) is 19.9 Å². The van der Waals surface area contributed by atoms with Gasteiger partial charge < -0.3 is 9.84 Å². The van der Waals surface area contributed by atoms with Gasteiger partial charge in [0.2, 0.25) is 0 Å². The van der Waals surface area contributed by atoms with Crippen LogP contribution in [0.2, 0.25) is 0 Å². The molecule has 0 saturated heterocycles. The molecule has 168 valence electrons. The van der Waals surface area contributed by atoms with Gasteiger partial charge in [-0.3, -0.25) is 0 Å². The van der Waals surface area contributed by atoms with Gasteiger partial charge in [-0.2, -0.15) is 30.3 Å². The van der Waals surface area contributed by atoms with E-state index in [9.17, 15) is 5.11 Å². The van der Waals surface area contributed by atoms with Gasteiger partial charge in [-0.05, 0) is 23.3 Å². The average molecular weight is 479 g/mol. The summed E-state index contributed by atoms with van der Waals surface area (Å²) in [7, 11) is 1.65. The third-order valence-electron chi connectivity index (χ3n) is 5.24. The predicted octanol–water partition coefficient (Wildman–Crippen LogP) is 4.74. The van der Waals surface area contributed by atoms with Crippen molar-refractivity contribution in [3.05, 3.63) is 138 Å². The Morgan fingerprint density at radius 2 is 1.64 bits per heavy atom. The minimum absolute atomic E-state index is 0. The Morgan fingerprint density at radius 1 is 0.909 bits per heavy atom. The topological polar surface area (TPSA) is 60.2 Å². The number of rotatable bonds is 6. The predicted molar refractivity (Wildman–Crippen MR) is 125 cm³/mol. The van der Waals surface area contributed by atoms with Crippen LogP contribution in [-0.2, 0) is 29.2 Å². The number of ether oxygens (including phenoxy) is 1. The average Bonchev–Trinajstić information content (AvgIpc) is 3.64. The zero-order chi connectivity index (χ0) is 22.2. The Morgan fingerprint density at radius 3 is 2.21 bits per heavy atom. The maximum Gasteiger partial charge on any atom is 2.00 e. The third-order valence-corrected chi connectivity index (χ3v) is 5.24. The number of aromatic nitrogens is 3. The number of methoxy groups -OCH3 is 1. The third kappa shape index (κ3) is 5.68. The second kappa shape index (κ2) is 11.4. The van der Waals surface area contributed by atoms with E-state index >= 15 is 0 Å². The van der Waals surface area contributed by atoms with E-state index in [2.05, 4.69) is 10.3 Å². The van der Waals surface area contributed by atoms with Crippen LogP contribution in [0.25, 0.3) is 0 Å². The van der Waals surface area contributed by atoms with Crippen molar-refractivity contribution in [2.45, 2.75) is 12.1 Å². The number of nitrogens with zero attached hydrogens (tertiary/aromatic N) is 3. The standard InChI is InChI=1S/C22H20N3O2.C5H5.Fe/c1-27-20-13-11-17(12-14-20)15-25-16-21(23-24-25)22(26,19-9-5-6-10-19)18-7-3-2-4-8-18;1-2-4-5-3-1;/h2-14,16,26H,15H2,1H3;1-5H;/q2*-1;+2. The minimum Gasteiger partial charge on any atom is -0.497 e. The summed E-state index contributed by atoms with van der Waals surface area (Å²) in [4.78, 5) is 0. The molecule has 5 nitrogen and oxygen atoms in total. The second-order valence-electron chi connectivity index (χ2n) is 7.36. The summed E-state index contributed by atoms with van der Waals surface area (Å²) >= 11 is 0. The summed E-state index contributed by atoms with van der Waals surface area (Å²) < 4.78 is 6.92. The van der Waals surface area contributed by atoms with Gasteiger partial charge in [-0.15, -0.1) is 10.7 Å². The van der Waals surface area contributed by atoms with E-state index in [1.54, 1.807) is 18.0 Å². The van der Waals surface area contributed by atoms with Crippen LogP contribution in [0.4, 0.5) is 0 Å². The first-order valence-corrected chi connectivity index (χ1v) is 10.4. The molecule has 0 bridgehead atoms. The molecule has 0 fully saturated rings. The molecular formula is C27H25FeN3O2. The van der Waals surface area contributed by atoms with Gasteiger partial charge in [0.25, 0.3) is 0 Å². The van der Waals surface area contributed by atoms with Crippen molar-refractivity contribution in [1.82, 2.24) is 15.0 Å². The molecule has 0 saturated carbocycles. The summed E-state index contributed by atoms with van der Waals surface area (Å²) in [5, 5.41) is 20.1. The number of aliphatic hydroxyl groups is 1. The molecular weight excluding hydrogens is 454 g/mol. The van der Waals surface area contributed by atoms with E-state index in [1.165, 1.54) is 0 Å². The van der Waals surface area contributed by atoms with Crippen LogP contribution in [0.15, 0.2) is 115 Å². The molecule has 0 radical (unpaired) electrons. The Balaban J connectivity index is 0.000000453. The number of hydrogen-bond donors (Lipinski definition) is 1. The largest absolute Gasteiger partial charge is 2.00 e. The van der Waals surface area contributed by atoms with Gasteiger partial charge in [0.15, 0.2) is 0 Å². The van der Waals surface area contributed by atoms with Crippen LogP contribution < -0.4 is 4.74 Å². The Kier molecular flexibility index (Phi) is 8.39. The first-order valence-electron chi connectivity index (χ1n) is 10.4. The summed E-state index contributed by atoms with van der Waals surface area (Å²) in [6.07, 6.45) is 1.80. The van der Waals surface area contributed by atoms with E-state index in [4.69, 9.17) is 4.74 Å². The molecule has 1 atom stereocenters. The fourth-order valence-corrected chi connectivity index (χ4v) is 3.54. The smallest absolute Gasteiger partial charge is 0.497 e. The van der Waals surface area contributed by atoms with Crippen molar-refractivity contribution in [1.29, 1.82) is 0 Å². The van der Waals surface area contributed by atoms with Crippen molar-refractivity contribution in [2.24, 2.45) is 0 Å². The molecule has 33 heavy (non-hydrogen) atoms. The first-order chi connectivity index (χ1) is 15.7. The summed E-state index contributed by atoms with van der Waals surface area (Å²) in [6.45, 7) is 0.558. The molecule has 0 amide bonds. The van der Waals surface area contributed by atoms with Crippen molar-refractivity contribution in [2.75, 3.05) is 7.11 Å². The molecule has 0 aliphatic carbocycles. The fraction of sp³-hybridized carbons (Fsp3) is 0.111. The maximum atomic E-state index is 11.6. The van der Waals surface area contributed by atoms with Crippen LogP contribution >= 0.6 is 0 Å². The molecule has 1 unspecified atom stereocenters. The maximum absolute atomic E-state index is 11.6. The minimum atomic E-state index is -1.34. The summed E-state index contributed by atoms with van der Waals surface area (Å²) in [5.41, 5.74) is 1.75. The molecule has 1 aromatic heterocycles. The van der Waals surface area contributed by atoms with Gasteiger partial charge >= 0.3 is 17.1 Å².